The van der Waals surface area contributed by atoms with Crippen LogP contribution in [0.4, 0.5) is 0 Å². The van der Waals surface area contributed by atoms with Crippen LogP contribution in [0.3, 0.4) is 0 Å². The Balaban J connectivity index is 2.96. The van der Waals surface area contributed by atoms with E-state index in [-0.39, 0.29) is 23.7 Å². The number of aliphatic hydroxyl groups excluding tert-OH is 1. The molecule has 0 heterocycles. The normalized spacial score (nSPS) is 10.7. The molecular weight excluding hydrogens is 278 g/mol. The Labute approximate surface area is 120 Å². The first kappa shape index (κ1) is 16.0. The molecule has 0 aromatic heterocycles. The standard InChI is InChI=1S/C14H13NO6/c15-5-1-2-6-21-13-4-3-9(16)7-10(13)11(17)8-12(18)14(19)20/h3-4,7-8,16,18H,1-2,6H2,(H,19,20)/b12-8-. The maximum absolute atomic E-state index is 11.9. The van der Waals surface area contributed by atoms with Crippen LogP contribution in [0.15, 0.2) is 30.0 Å². The van der Waals surface area contributed by atoms with Crippen molar-refractivity contribution in [3.63, 3.8) is 0 Å². The molecule has 0 radical (unpaired) electrons. The molecule has 0 saturated carbocycles. The molecule has 0 fully saturated rings. The van der Waals surface area contributed by atoms with Gasteiger partial charge in [-0.2, -0.15) is 5.26 Å². The van der Waals surface area contributed by atoms with Gasteiger partial charge in [0.25, 0.3) is 0 Å². The van der Waals surface area contributed by atoms with E-state index in [1.807, 2.05) is 6.07 Å². The van der Waals surface area contributed by atoms with E-state index in [1.54, 1.807) is 0 Å². The Morgan fingerprint density at radius 1 is 1.33 bits per heavy atom. The topological polar surface area (TPSA) is 128 Å². The molecule has 7 heteroatoms. The highest BCUT2D eigenvalue weighted by molar-refractivity contribution is 6.09. The van der Waals surface area contributed by atoms with Crippen molar-refractivity contribution in [2.24, 2.45) is 0 Å². The van der Waals surface area contributed by atoms with Gasteiger partial charge in [-0.3, -0.25) is 4.79 Å². The van der Waals surface area contributed by atoms with Gasteiger partial charge in [-0.25, -0.2) is 4.79 Å². The Bertz CT molecular complexity index is 614. The number of ketones is 1. The average molecular weight is 291 g/mol. The van der Waals surface area contributed by atoms with Crippen LogP contribution in [0, 0.1) is 11.3 Å². The van der Waals surface area contributed by atoms with Gasteiger partial charge in [0.2, 0.25) is 5.76 Å². The van der Waals surface area contributed by atoms with Crippen molar-refractivity contribution in [3.05, 3.63) is 35.6 Å². The number of aliphatic carboxylic acids is 1. The number of rotatable bonds is 7. The number of hydrogen-bond acceptors (Lipinski definition) is 6. The maximum atomic E-state index is 11.9. The summed E-state index contributed by atoms with van der Waals surface area (Å²) in [4.78, 5) is 22.4. The minimum absolute atomic E-state index is 0.0836. The van der Waals surface area contributed by atoms with Crippen LogP contribution in [0.25, 0.3) is 0 Å². The summed E-state index contributed by atoms with van der Waals surface area (Å²) in [7, 11) is 0. The number of phenols is 1. The molecule has 0 bridgehead atoms. The highest BCUT2D eigenvalue weighted by Gasteiger charge is 2.15. The SMILES string of the molecule is N#CCCCOc1ccc(O)cc1C(=O)/C=C(\O)C(=O)O. The molecule has 3 N–H and O–H groups in total. The number of carboxylic acid groups (broad SMARTS) is 1. The Hall–Kier alpha value is -3.01. The van der Waals surface area contributed by atoms with Gasteiger partial charge in [-0.1, -0.05) is 0 Å². The largest absolute Gasteiger partial charge is 0.508 e. The third kappa shape index (κ3) is 4.87. The van der Waals surface area contributed by atoms with Crippen molar-refractivity contribution < 1.29 is 29.6 Å². The molecule has 1 rings (SSSR count). The van der Waals surface area contributed by atoms with Gasteiger partial charge in [-0.05, 0) is 24.6 Å². The number of nitriles is 1. The molecule has 0 atom stereocenters. The fourth-order valence-corrected chi connectivity index (χ4v) is 1.43. The van der Waals surface area contributed by atoms with E-state index in [0.717, 1.165) is 6.07 Å². The van der Waals surface area contributed by atoms with Crippen molar-refractivity contribution in [2.45, 2.75) is 12.8 Å². The number of allylic oxidation sites excluding steroid dienone is 1. The van der Waals surface area contributed by atoms with Crippen molar-refractivity contribution in [2.75, 3.05) is 6.61 Å². The maximum Gasteiger partial charge on any atom is 0.371 e. The van der Waals surface area contributed by atoms with Crippen LogP contribution in [0.1, 0.15) is 23.2 Å². The average Bonchev–Trinajstić information content (AvgIpc) is 2.44. The van der Waals surface area contributed by atoms with Gasteiger partial charge in [0.15, 0.2) is 5.78 Å². The zero-order chi connectivity index (χ0) is 15.8. The van der Waals surface area contributed by atoms with Crippen LogP contribution in [-0.2, 0) is 4.79 Å². The Morgan fingerprint density at radius 2 is 2.05 bits per heavy atom. The second-order valence-electron chi connectivity index (χ2n) is 3.99. The first-order valence-corrected chi connectivity index (χ1v) is 5.96. The fraction of sp³-hybridized carbons (Fsp3) is 0.214. The van der Waals surface area contributed by atoms with E-state index in [9.17, 15) is 14.7 Å². The minimum atomic E-state index is -1.64. The lowest BCUT2D eigenvalue weighted by Crippen LogP contribution is -2.07. The van der Waals surface area contributed by atoms with Crippen LogP contribution in [0.2, 0.25) is 0 Å². The third-order valence-corrected chi connectivity index (χ3v) is 2.41. The van der Waals surface area contributed by atoms with Crippen LogP contribution < -0.4 is 4.74 Å². The molecule has 0 amide bonds. The van der Waals surface area contributed by atoms with E-state index in [2.05, 4.69) is 0 Å². The van der Waals surface area contributed by atoms with Crippen LogP contribution >= 0.6 is 0 Å². The number of benzene rings is 1. The van der Waals surface area contributed by atoms with Crippen molar-refractivity contribution in [1.82, 2.24) is 0 Å². The van der Waals surface area contributed by atoms with Crippen LogP contribution in [-0.4, -0.2) is 33.7 Å². The number of hydrogen-bond donors (Lipinski definition) is 3. The quantitative estimate of drug-likeness (QED) is 0.302. The number of phenolic OH excluding ortho intramolecular Hbond substituents is 1. The molecule has 0 spiro atoms. The number of carbonyl (C=O) groups excluding carboxylic acids is 1. The molecule has 21 heavy (non-hydrogen) atoms. The number of aliphatic hydroxyl groups is 1. The summed E-state index contributed by atoms with van der Waals surface area (Å²) in [5, 5.41) is 35.4. The Morgan fingerprint density at radius 3 is 2.67 bits per heavy atom. The molecule has 7 nitrogen and oxygen atoms in total. The molecular formula is C14H13NO6. The lowest BCUT2D eigenvalue weighted by molar-refractivity contribution is -0.135. The van der Waals surface area contributed by atoms with Gasteiger partial charge in [0.1, 0.15) is 11.5 Å². The van der Waals surface area contributed by atoms with Crippen molar-refractivity contribution in [3.8, 4) is 17.6 Å². The third-order valence-electron chi connectivity index (χ3n) is 2.41. The highest BCUT2D eigenvalue weighted by Crippen LogP contribution is 2.25. The number of carboxylic acids is 1. The van der Waals surface area contributed by atoms with E-state index in [1.165, 1.54) is 12.1 Å². The second-order valence-corrected chi connectivity index (χ2v) is 3.99. The molecule has 0 aliphatic heterocycles. The van der Waals surface area contributed by atoms with Crippen molar-refractivity contribution in [1.29, 1.82) is 5.26 Å². The first-order valence-electron chi connectivity index (χ1n) is 5.96. The molecule has 1 aromatic rings. The van der Waals surface area contributed by atoms with Crippen LogP contribution in [0.5, 0.6) is 11.5 Å². The lowest BCUT2D eigenvalue weighted by Gasteiger charge is -2.09. The second kappa shape index (κ2) is 7.55. The molecule has 0 saturated heterocycles. The molecule has 1 aromatic carbocycles. The van der Waals surface area contributed by atoms with Gasteiger partial charge < -0.3 is 20.1 Å². The number of carbonyl (C=O) groups is 2. The zero-order valence-corrected chi connectivity index (χ0v) is 10.9. The van der Waals surface area contributed by atoms with Gasteiger partial charge in [-0.15, -0.1) is 0 Å². The summed E-state index contributed by atoms with van der Waals surface area (Å²) in [6, 6.07) is 5.70. The molecule has 0 aliphatic carbocycles. The summed E-state index contributed by atoms with van der Waals surface area (Å²) in [6.07, 6.45) is 1.28. The number of ether oxygens (including phenoxy) is 1. The van der Waals surface area contributed by atoms with Gasteiger partial charge in [0.05, 0.1) is 18.2 Å². The zero-order valence-electron chi connectivity index (χ0n) is 10.9. The minimum Gasteiger partial charge on any atom is -0.508 e. The summed E-state index contributed by atoms with van der Waals surface area (Å²) in [6.45, 7) is 0.188. The van der Waals surface area contributed by atoms with Crippen molar-refractivity contribution >= 4 is 11.8 Å². The van der Waals surface area contributed by atoms with E-state index in [0.29, 0.717) is 18.9 Å². The number of unbranched alkanes of at least 4 members (excludes halogenated alkanes) is 1. The fourth-order valence-electron chi connectivity index (χ4n) is 1.43. The highest BCUT2D eigenvalue weighted by atomic mass is 16.5. The summed E-state index contributed by atoms with van der Waals surface area (Å²) in [5.41, 5.74) is -0.0836. The molecule has 0 unspecified atom stereocenters. The molecule has 0 aliphatic rings. The smallest absolute Gasteiger partial charge is 0.371 e. The van der Waals surface area contributed by atoms with Gasteiger partial charge in [0, 0.05) is 12.5 Å². The van der Waals surface area contributed by atoms with E-state index >= 15 is 0 Å². The van der Waals surface area contributed by atoms with E-state index in [4.69, 9.17) is 20.2 Å². The summed E-state index contributed by atoms with van der Waals surface area (Å²) in [5.74, 6) is -3.64. The monoisotopic (exact) mass is 291 g/mol. The van der Waals surface area contributed by atoms with Gasteiger partial charge >= 0.3 is 5.97 Å². The lowest BCUT2D eigenvalue weighted by atomic mass is 10.1. The number of nitrogens with zero attached hydrogens (tertiary/aromatic N) is 1. The predicted octanol–water partition coefficient (Wildman–Crippen LogP) is 1.78. The summed E-state index contributed by atoms with van der Waals surface area (Å²) < 4.78 is 5.32. The number of aromatic hydroxyl groups is 1. The summed E-state index contributed by atoms with van der Waals surface area (Å²) >= 11 is 0. The predicted molar refractivity (Wildman–Crippen MR) is 71.1 cm³/mol. The molecule has 110 valence electrons. The Kier molecular flexibility index (Phi) is 5.77. The van der Waals surface area contributed by atoms with E-state index < -0.39 is 17.5 Å². The first-order chi connectivity index (χ1) is 9.95.